The highest BCUT2D eigenvalue weighted by atomic mass is 35.5. The maximum Gasteiger partial charge on any atom is 0.134 e. The Labute approximate surface area is 107 Å². The van der Waals surface area contributed by atoms with Gasteiger partial charge >= 0.3 is 0 Å². The van der Waals surface area contributed by atoms with Crippen molar-refractivity contribution in [3.8, 4) is 0 Å². The molecule has 0 atom stereocenters. The summed E-state index contributed by atoms with van der Waals surface area (Å²) in [5.74, 6) is 1.47. The number of anilines is 1. The van der Waals surface area contributed by atoms with Crippen LogP contribution in [0.2, 0.25) is 5.15 Å². The summed E-state index contributed by atoms with van der Waals surface area (Å²) in [4.78, 5) is 8.39. The SMILES string of the molecule is CCc1nc(Cl)cc(NCCOCCOC)n1. The van der Waals surface area contributed by atoms with Crippen LogP contribution in [0, 0.1) is 0 Å². The minimum absolute atomic E-state index is 0.458. The lowest BCUT2D eigenvalue weighted by atomic mass is 10.4. The van der Waals surface area contributed by atoms with E-state index < -0.39 is 0 Å². The van der Waals surface area contributed by atoms with Crippen molar-refractivity contribution in [1.82, 2.24) is 9.97 Å². The molecule has 6 heteroatoms. The lowest BCUT2D eigenvalue weighted by Gasteiger charge is -2.07. The number of hydrogen-bond acceptors (Lipinski definition) is 5. The molecule has 1 aromatic rings. The van der Waals surface area contributed by atoms with Crippen LogP contribution >= 0.6 is 11.6 Å². The lowest BCUT2D eigenvalue weighted by Crippen LogP contribution is -2.13. The monoisotopic (exact) mass is 259 g/mol. The van der Waals surface area contributed by atoms with Crippen LogP contribution in [0.5, 0.6) is 0 Å². The summed E-state index contributed by atoms with van der Waals surface area (Å²) in [5, 5.41) is 3.59. The molecule has 0 aliphatic heterocycles. The molecule has 0 radical (unpaired) electrons. The Kier molecular flexibility index (Phi) is 6.84. The highest BCUT2D eigenvalue weighted by Crippen LogP contribution is 2.11. The van der Waals surface area contributed by atoms with E-state index in [1.54, 1.807) is 13.2 Å². The van der Waals surface area contributed by atoms with Crippen molar-refractivity contribution in [2.75, 3.05) is 38.8 Å². The molecule has 96 valence electrons. The van der Waals surface area contributed by atoms with E-state index in [0.717, 1.165) is 18.1 Å². The van der Waals surface area contributed by atoms with E-state index in [-0.39, 0.29) is 0 Å². The molecule has 17 heavy (non-hydrogen) atoms. The molecule has 1 aromatic heterocycles. The third-order valence-electron chi connectivity index (χ3n) is 2.04. The van der Waals surface area contributed by atoms with Gasteiger partial charge < -0.3 is 14.8 Å². The molecule has 0 aliphatic carbocycles. The minimum Gasteiger partial charge on any atom is -0.382 e. The molecule has 0 bridgehead atoms. The molecular formula is C11H18ClN3O2. The summed E-state index contributed by atoms with van der Waals surface area (Å²) in [5.41, 5.74) is 0. The van der Waals surface area contributed by atoms with E-state index >= 15 is 0 Å². The first kappa shape index (κ1) is 14.2. The average Bonchev–Trinajstić information content (AvgIpc) is 2.33. The third kappa shape index (κ3) is 5.81. The fraction of sp³-hybridized carbons (Fsp3) is 0.636. The summed E-state index contributed by atoms with van der Waals surface area (Å²) < 4.78 is 10.2. The fourth-order valence-electron chi connectivity index (χ4n) is 1.21. The molecule has 0 saturated carbocycles. The van der Waals surface area contributed by atoms with Crippen LogP contribution in [0.25, 0.3) is 0 Å². The van der Waals surface area contributed by atoms with Gasteiger partial charge in [-0.3, -0.25) is 0 Å². The normalized spacial score (nSPS) is 10.5. The number of methoxy groups -OCH3 is 1. The maximum atomic E-state index is 5.87. The Bertz CT molecular complexity index is 336. The van der Waals surface area contributed by atoms with Crippen molar-refractivity contribution < 1.29 is 9.47 Å². The van der Waals surface area contributed by atoms with Crippen molar-refractivity contribution in [2.45, 2.75) is 13.3 Å². The van der Waals surface area contributed by atoms with Crippen molar-refractivity contribution in [1.29, 1.82) is 0 Å². The Morgan fingerprint density at radius 1 is 1.29 bits per heavy atom. The van der Waals surface area contributed by atoms with Crippen molar-refractivity contribution in [2.24, 2.45) is 0 Å². The zero-order chi connectivity index (χ0) is 12.5. The summed E-state index contributed by atoms with van der Waals surface area (Å²) in [6.07, 6.45) is 0.763. The number of aromatic nitrogens is 2. The number of nitrogens with one attached hydrogen (secondary N) is 1. The number of aryl methyl sites for hydroxylation is 1. The molecule has 0 spiro atoms. The molecule has 1 N–H and O–H groups in total. The van der Waals surface area contributed by atoms with Gasteiger partial charge in [0.05, 0.1) is 19.8 Å². The highest BCUT2D eigenvalue weighted by molar-refractivity contribution is 6.29. The first-order valence-corrected chi connectivity index (χ1v) is 5.98. The number of hydrogen-bond donors (Lipinski definition) is 1. The second-order valence-corrected chi connectivity index (χ2v) is 3.76. The zero-order valence-electron chi connectivity index (χ0n) is 10.2. The Morgan fingerprint density at radius 3 is 2.82 bits per heavy atom. The second-order valence-electron chi connectivity index (χ2n) is 3.38. The molecule has 0 fully saturated rings. The van der Waals surface area contributed by atoms with Gasteiger partial charge in [-0.1, -0.05) is 18.5 Å². The van der Waals surface area contributed by atoms with Crippen LogP contribution < -0.4 is 5.32 Å². The van der Waals surface area contributed by atoms with Crippen molar-refractivity contribution in [3.63, 3.8) is 0 Å². The molecule has 0 aromatic carbocycles. The van der Waals surface area contributed by atoms with Gasteiger partial charge in [-0.2, -0.15) is 0 Å². The topological polar surface area (TPSA) is 56.3 Å². The first-order chi connectivity index (χ1) is 8.26. The molecule has 0 amide bonds. The summed E-state index contributed by atoms with van der Waals surface area (Å²) >= 11 is 5.87. The molecular weight excluding hydrogens is 242 g/mol. The lowest BCUT2D eigenvalue weighted by molar-refractivity contribution is 0.0759. The maximum absolute atomic E-state index is 5.87. The quantitative estimate of drug-likeness (QED) is 0.570. The van der Waals surface area contributed by atoms with Crippen LogP contribution in [-0.4, -0.2) is 43.4 Å². The van der Waals surface area contributed by atoms with E-state index in [0.29, 0.717) is 31.5 Å². The van der Waals surface area contributed by atoms with Crippen LogP contribution in [-0.2, 0) is 15.9 Å². The zero-order valence-corrected chi connectivity index (χ0v) is 11.0. The van der Waals surface area contributed by atoms with Gasteiger partial charge in [0.15, 0.2) is 0 Å². The van der Waals surface area contributed by atoms with E-state index in [1.807, 2.05) is 6.92 Å². The predicted molar refractivity (Wildman–Crippen MR) is 67.6 cm³/mol. The summed E-state index contributed by atoms with van der Waals surface area (Å²) in [7, 11) is 1.65. The highest BCUT2D eigenvalue weighted by Gasteiger charge is 2.00. The second kappa shape index (κ2) is 8.22. The first-order valence-electron chi connectivity index (χ1n) is 5.60. The molecule has 0 saturated heterocycles. The molecule has 1 heterocycles. The fourth-order valence-corrected chi connectivity index (χ4v) is 1.41. The van der Waals surface area contributed by atoms with Gasteiger partial charge in [0.2, 0.25) is 0 Å². The van der Waals surface area contributed by atoms with Gasteiger partial charge in [0.1, 0.15) is 16.8 Å². The molecule has 0 unspecified atom stereocenters. The van der Waals surface area contributed by atoms with Crippen LogP contribution in [0.4, 0.5) is 5.82 Å². The number of halogens is 1. The molecule has 1 rings (SSSR count). The standard InChI is InChI=1S/C11H18ClN3O2/c1-3-10-14-9(12)8-11(15-10)13-4-5-17-7-6-16-2/h8H,3-7H2,1-2H3,(H,13,14,15). The smallest absolute Gasteiger partial charge is 0.134 e. The van der Waals surface area contributed by atoms with E-state index in [2.05, 4.69) is 15.3 Å². The van der Waals surface area contributed by atoms with Gasteiger partial charge in [-0.25, -0.2) is 9.97 Å². The van der Waals surface area contributed by atoms with E-state index in [4.69, 9.17) is 21.1 Å². The largest absolute Gasteiger partial charge is 0.382 e. The number of rotatable bonds is 8. The Morgan fingerprint density at radius 2 is 2.12 bits per heavy atom. The van der Waals surface area contributed by atoms with Crippen molar-refractivity contribution in [3.05, 3.63) is 17.0 Å². The average molecular weight is 260 g/mol. The van der Waals surface area contributed by atoms with Crippen molar-refractivity contribution >= 4 is 17.4 Å². The summed E-state index contributed by atoms with van der Waals surface area (Å²) in [6.45, 7) is 4.48. The van der Waals surface area contributed by atoms with Gasteiger partial charge in [0, 0.05) is 26.1 Å². The van der Waals surface area contributed by atoms with Gasteiger partial charge in [0.25, 0.3) is 0 Å². The van der Waals surface area contributed by atoms with E-state index in [9.17, 15) is 0 Å². The number of nitrogens with zero attached hydrogens (tertiary/aromatic N) is 2. The Hall–Kier alpha value is -0.910. The minimum atomic E-state index is 0.458. The van der Waals surface area contributed by atoms with Crippen LogP contribution in [0.1, 0.15) is 12.7 Å². The third-order valence-corrected chi connectivity index (χ3v) is 2.24. The molecule has 5 nitrogen and oxygen atoms in total. The Balaban J connectivity index is 2.28. The van der Waals surface area contributed by atoms with Gasteiger partial charge in [-0.05, 0) is 0 Å². The van der Waals surface area contributed by atoms with Crippen LogP contribution in [0.15, 0.2) is 6.07 Å². The van der Waals surface area contributed by atoms with E-state index in [1.165, 1.54) is 0 Å². The number of ether oxygens (including phenoxy) is 2. The predicted octanol–water partition coefficient (Wildman–Crippen LogP) is 1.77. The molecule has 0 aliphatic rings. The van der Waals surface area contributed by atoms with Crippen LogP contribution in [0.3, 0.4) is 0 Å². The summed E-state index contributed by atoms with van der Waals surface area (Å²) in [6, 6.07) is 1.70. The van der Waals surface area contributed by atoms with Gasteiger partial charge in [-0.15, -0.1) is 0 Å².